The van der Waals surface area contributed by atoms with Crippen LogP contribution in [0.3, 0.4) is 0 Å². The fourth-order valence-corrected chi connectivity index (χ4v) is 2.72. The molecule has 1 unspecified atom stereocenters. The Morgan fingerprint density at radius 3 is 2.28 bits per heavy atom. The lowest BCUT2D eigenvalue weighted by molar-refractivity contribution is -0.160. The Bertz CT molecular complexity index is 376. The first-order chi connectivity index (χ1) is 12.0. The lowest BCUT2D eigenvalue weighted by Crippen LogP contribution is -2.17. The molecule has 0 aromatic rings. The molecule has 0 radical (unpaired) electrons. The van der Waals surface area contributed by atoms with Crippen molar-refractivity contribution in [1.29, 1.82) is 0 Å². The van der Waals surface area contributed by atoms with E-state index in [1.165, 1.54) is 26.2 Å². The lowest BCUT2D eigenvalue weighted by Gasteiger charge is -2.08. The molecule has 4 nitrogen and oxygen atoms in total. The number of aliphatic hydroxyl groups is 1. The molecule has 1 N–H and O–H groups in total. The van der Waals surface area contributed by atoms with Crippen molar-refractivity contribution in [2.24, 2.45) is 5.92 Å². The highest BCUT2D eigenvalue weighted by Crippen LogP contribution is 2.13. The van der Waals surface area contributed by atoms with Crippen LogP contribution >= 0.6 is 0 Å². The molecule has 0 aliphatic heterocycles. The van der Waals surface area contributed by atoms with Crippen LogP contribution in [0.5, 0.6) is 0 Å². The Balaban J connectivity index is 3.48. The van der Waals surface area contributed by atoms with Crippen LogP contribution in [0.2, 0.25) is 0 Å². The number of rotatable bonds is 15. The van der Waals surface area contributed by atoms with Crippen LogP contribution in [0.25, 0.3) is 0 Å². The fraction of sp³-hybridized carbons (Fsp3) is 0.810. The zero-order valence-electron chi connectivity index (χ0n) is 16.5. The largest absolute Gasteiger partial charge is 0.393 e. The van der Waals surface area contributed by atoms with E-state index < -0.39 is 11.9 Å². The Hall–Kier alpha value is -1.16. The van der Waals surface area contributed by atoms with Crippen LogP contribution in [0.4, 0.5) is 0 Å². The predicted molar refractivity (Wildman–Crippen MR) is 102 cm³/mol. The van der Waals surface area contributed by atoms with Crippen molar-refractivity contribution >= 4 is 11.9 Å². The normalized spacial score (nSPS) is 13.8. The molecule has 0 aliphatic rings. The smallest absolute Gasteiger partial charge is 0.316 e. The maximum absolute atomic E-state index is 11.5. The van der Waals surface area contributed by atoms with Crippen LogP contribution < -0.4 is 0 Å². The number of hydrogen-bond donors (Lipinski definition) is 1. The van der Waals surface area contributed by atoms with Crippen LogP contribution in [-0.2, 0) is 14.3 Å². The van der Waals surface area contributed by atoms with Crippen LogP contribution in [0.15, 0.2) is 12.2 Å². The van der Waals surface area contributed by atoms with Gasteiger partial charge in [-0.3, -0.25) is 9.59 Å². The number of aliphatic hydroxyl groups excluding tert-OH is 1. The van der Waals surface area contributed by atoms with E-state index in [4.69, 9.17) is 0 Å². The summed E-state index contributed by atoms with van der Waals surface area (Å²) in [6, 6.07) is 0. The molecule has 0 fully saturated rings. The molecule has 0 saturated carbocycles. The van der Waals surface area contributed by atoms with Crippen molar-refractivity contribution in [3.8, 4) is 0 Å². The second-order valence-electron chi connectivity index (χ2n) is 7.02. The molecular weight excluding hydrogens is 316 g/mol. The molecular formula is C21H38O4. The van der Waals surface area contributed by atoms with Gasteiger partial charge in [0.1, 0.15) is 0 Å². The lowest BCUT2D eigenvalue weighted by atomic mass is 10.0. The van der Waals surface area contributed by atoms with E-state index in [1.807, 2.05) is 6.92 Å². The standard InChI is InChI=1S/C21H38O4/c1-4-5-6-13-16-20(23)17-14-11-9-7-8-10-12-15-18(2)21(24)25-19(3)22/h11,14,18,20,23H,4-10,12-13,15-17H2,1-3H3/t18?,20-/m1/s1. The topological polar surface area (TPSA) is 63.6 Å². The third-order valence-electron chi connectivity index (χ3n) is 4.37. The van der Waals surface area contributed by atoms with Gasteiger partial charge < -0.3 is 9.84 Å². The van der Waals surface area contributed by atoms with E-state index in [-0.39, 0.29) is 12.0 Å². The average Bonchev–Trinajstić information content (AvgIpc) is 2.56. The van der Waals surface area contributed by atoms with Crippen LogP contribution in [0, 0.1) is 5.92 Å². The zero-order valence-corrected chi connectivity index (χ0v) is 16.5. The third-order valence-corrected chi connectivity index (χ3v) is 4.37. The molecule has 0 bridgehead atoms. The van der Waals surface area contributed by atoms with Crippen molar-refractivity contribution in [3.05, 3.63) is 12.2 Å². The van der Waals surface area contributed by atoms with Gasteiger partial charge in [-0.2, -0.15) is 0 Å². The summed E-state index contributed by atoms with van der Waals surface area (Å²) in [4.78, 5) is 22.2. The van der Waals surface area contributed by atoms with Crippen LogP contribution in [-0.4, -0.2) is 23.1 Å². The van der Waals surface area contributed by atoms with E-state index in [1.54, 1.807) is 0 Å². The summed E-state index contributed by atoms with van der Waals surface area (Å²) in [5.41, 5.74) is 0. The molecule has 0 spiro atoms. The predicted octanol–water partition coefficient (Wildman–Crippen LogP) is 5.33. The Morgan fingerprint density at radius 2 is 1.60 bits per heavy atom. The van der Waals surface area contributed by atoms with Gasteiger partial charge in [-0.25, -0.2) is 0 Å². The molecule has 0 aliphatic carbocycles. The van der Waals surface area contributed by atoms with E-state index in [9.17, 15) is 14.7 Å². The van der Waals surface area contributed by atoms with Crippen LogP contribution in [0.1, 0.15) is 97.8 Å². The number of carbonyl (C=O) groups excluding carboxylic acids is 2. The van der Waals surface area contributed by atoms with Gasteiger partial charge >= 0.3 is 11.9 Å². The van der Waals surface area contributed by atoms with Gasteiger partial charge in [-0.15, -0.1) is 0 Å². The molecule has 2 atom stereocenters. The summed E-state index contributed by atoms with van der Waals surface area (Å²) in [5.74, 6) is -1.15. The number of allylic oxidation sites excluding steroid dienone is 1. The maximum atomic E-state index is 11.5. The van der Waals surface area contributed by atoms with E-state index >= 15 is 0 Å². The quantitative estimate of drug-likeness (QED) is 0.187. The van der Waals surface area contributed by atoms with Crippen molar-refractivity contribution in [3.63, 3.8) is 0 Å². The zero-order chi connectivity index (χ0) is 18.9. The number of ether oxygens (including phenoxy) is 1. The summed E-state index contributed by atoms with van der Waals surface area (Å²) >= 11 is 0. The van der Waals surface area contributed by atoms with E-state index in [0.29, 0.717) is 0 Å². The minimum absolute atomic E-state index is 0.190. The maximum Gasteiger partial charge on any atom is 0.316 e. The molecule has 25 heavy (non-hydrogen) atoms. The molecule has 0 aromatic heterocycles. The second-order valence-corrected chi connectivity index (χ2v) is 7.02. The molecule has 0 amide bonds. The summed E-state index contributed by atoms with van der Waals surface area (Å²) in [5, 5.41) is 9.86. The number of esters is 2. The summed E-state index contributed by atoms with van der Waals surface area (Å²) in [6.07, 6.45) is 16.8. The van der Waals surface area contributed by atoms with Crippen molar-refractivity contribution in [1.82, 2.24) is 0 Å². The molecule has 0 rings (SSSR count). The van der Waals surface area contributed by atoms with Crippen molar-refractivity contribution in [2.75, 3.05) is 0 Å². The molecule has 4 heteroatoms. The summed E-state index contributed by atoms with van der Waals surface area (Å²) in [6.45, 7) is 5.26. The average molecular weight is 355 g/mol. The Labute approximate surface area is 154 Å². The van der Waals surface area contributed by atoms with Gasteiger partial charge in [0, 0.05) is 6.92 Å². The minimum Gasteiger partial charge on any atom is -0.393 e. The first-order valence-electron chi connectivity index (χ1n) is 10.0. The van der Waals surface area contributed by atoms with Gasteiger partial charge in [0.05, 0.1) is 12.0 Å². The molecule has 146 valence electrons. The van der Waals surface area contributed by atoms with Gasteiger partial charge in [0.15, 0.2) is 0 Å². The summed E-state index contributed by atoms with van der Waals surface area (Å²) < 4.78 is 4.58. The number of hydrogen-bond acceptors (Lipinski definition) is 4. The third kappa shape index (κ3) is 16.1. The minimum atomic E-state index is -0.533. The number of carbonyl (C=O) groups is 2. The van der Waals surface area contributed by atoms with Gasteiger partial charge in [-0.1, -0.05) is 70.9 Å². The highest BCUT2D eigenvalue weighted by atomic mass is 16.6. The molecule has 0 heterocycles. The van der Waals surface area contributed by atoms with E-state index in [2.05, 4.69) is 23.8 Å². The molecule has 0 saturated heterocycles. The Kier molecular flexibility index (Phi) is 15.6. The van der Waals surface area contributed by atoms with Gasteiger partial charge in [0.25, 0.3) is 0 Å². The highest BCUT2D eigenvalue weighted by molar-refractivity contribution is 5.85. The monoisotopic (exact) mass is 354 g/mol. The fourth-order valence-electron chi connectivity index (χ4n) is 2.72. The van der Waals surface area contributed by atoms with Gasteiger partial charge in [-0.05, 0) is 32.1 Å². The van der Waals surface area contributed by atoms with Gasteiger partial charge in [0.2, 0.25) is 0 Å². The first kappa shape index (κ1) is 23.8. The van der Waals surface area contributed by atoms with Crippen molar-refractivity contribution < 1.29 is 19.4 Å². The van der Waals surface area contributed by atoms with E-state index in [0.717, 1.165) is 57.8 Å². The second kappa shape index (κ2) is 16.3. The Morgan fingerprint density at radius 1 is 0.960 bits per heavy atom. The highest BCUT2D eigenvalue weighted by Gasteiger charge is 2.15. The van der Waals surface area contributed by atoms with Crippen molar-refractivity contribution in [2.45, 2.75) is 104 Å². The molecule has 0 aromatic carbocycles. The summed E-state index contributed by atoms with van der Waals surface area (Å²) in [7, 11) is 0. The number of unbranched alkanes of at least 4 members (excludes halogenated alkanes) is 7. The first-order valence-corrected chi connectivity index (χ1v) is 10.0. The SMILES string of the molecule is CCCCCC[C@@H](O)CC=CCCCCCCC(C)C(=O)OC(C)=O.